The number of ether oxygens (including phenoxy) is 2. The number of amidine groups is 1. The molecule has 0 saturated carbocycles. The number of carbonyl (C=O) groups is 1. The van der Waals surface area contributed by atoms with Crippen molar-refractivity contribution in [1.82, 2.24) is 20.1 Å². The second-order valence-electron chi connectivity index (χ2n) is 10.1. The predicted octanol–water partition coefficient (Wildman–Crippen LogP) is 3.55. The third-order valence-corrected chi connectivity index (χ3v) is 7.34. The van der Waals surface area contributed by atoms with Crippen LogP contribution in [0, 0.1) is 11.2 Å². The summed E-state index contributed by atoms with van der Waals surface area (Å²) in [6.07, 6.45) is 5.16. The number of benzene rings is 2. The Balaban J connectivity index is 0.000000201. The van der Waals surface area contributed by atoms with Crippen LogP contribution in [0.3, 0.4) is 0 Å². The molecule has 1 saturated heterocycles. The number of hydrogen-bond donors (Lipinski definition) is 2. The fraction of sp³-hybridized carbons (Fsp3) is 0.387. The largest absolute Gasteiger partial charge is 0.497 e. The Kier molecular flexibility index (Phi) is 10.8. The van der Waals surface area contributed by atoms with Gasteiger partial charge in [-0.15, -0.1) is 0 Å². The van der Waals surface area contributed by atoms with Gasteiger partial charge >= 0.3 is 0 Å². The molecule has 10 heteroatoms. The van der Waals surface area contributed by atoms with Crippen LogP contribution in [-0.2, 0) is 4.79 Å². The summed E-state index contributed by atoms with van der Waals surface area (Å²) in [5.41, 5.74) is 2.71. The Morgan fingerprint density at radius 3 is 2.71 bits per heavy atom. The number of allylic oxidation sites excluding steroid dienone is 1. The SMILES string of the molecule is CN1CCN(CC2CN(C(=N)/C=C\C=O)c3cc(F)ccc32)CC1.CNCCOc1ccnc2cc(OC)ccc12. The maximum Gasteiger partial charge on any atom is 0.142 e. The molecular formula is C31H39FN6O3. The average molecular weight is 563 g/mol. The molecule has 218 valence electrons. The first kappa shape index (κ1) is 30.1. The standard InChI is InChI=1S/C18H23FN4O.C13H16N2O2/c1-21-6-8-22(9-7-21)12-14-13-23(18(20)3-2-10-24)17-11-15(19)4-5-16(14)17;1-14-7-8-17-13-5-6-15-12-9-10(16-2)3-4-11(12)13/h2-5,10-11,14,20H,6-9,12-13H2,1H3;3-6,9,14H,7-8H2,1-2H3/b3-2-,20-18?;. The molecule has 1 unspecified atom stereocenters. The molecular weight excluding hydrogens is 523 g/mol. The first-order chi connectivity index (χ1) is 19.9. The minimum Gasteiger partial charge on any atom is -0.497 e. The number of nitrogens with zero attached hydrogens (tertiary/aromatic N) is 4. The van der Waals surface area contributed by atoms with E-state index >= 15 is 0 Å². The molecule has 5 rings (SSSR count). The number of anilines is 1. The summed E-state index contributed by atoms with van der Waals surface area (Å²) in [4.78, 5) is 21.4. The summed E-state index contributed by atoms with van der Waals surface area (Å²) in [6.45, 7) is 7.20. The maximum absolute atomic E-state index is 13.7. The highest BCUT2D eigenvalue weighted by Gasteiger charge is 2.32. The Hall–Kier alpha value is -3.86. The number of methoxy groups -OCH3 is 1. The molecule has 3 aromatic rings. The van der Waals surface area contributed by atoms with Crippen LogP contribution in [0.15, 0.2) is 60.8 Å². The summed E-state index contributed by atoms with van der Waals surface area (Å²) in [5, 5.41) is 12.2. The molecule has 2 N–H and O–H groups in total. The second kappa shape index (κ2) is 14.7. The number of aldehydes is 1. The monoisotopic (exact) mass is 562 g/mol. The van der Waals surface area contributed by atoms with Crippen LogP contribution in [0.2, 0.25) is 0 Å². The van der Waals surface area contributed by atoms with Crippen LogP contribution in [0.25, 0.3) is 10.9 Å². The Bertz CT molecular complexity index is 1360. The third kappa shape index (κ3) is 7.87. The van der Waals surface area contributed by atoms with Crippen LogP contribution in [0.5, 0.6) is 11.5 Å². The van der Waals surface area contributed by atoms with E-state index in [1.807, 2.05) is 37.4 Å². The number of piperazine rings is 1. The Morgan fingerprint density at radius 1 is 1.17 bits per heavy atom. The van der Waals surface area contributed by atoms with Gasteiger partial charge in [-0.25, -0.2) is 4.39 Å². The van der Waals surface area contributed by atoms with Gasteiger partial charge in [0.25, 0.3) is 0 Å². The van der Waals surface area contributed by atoms with E-state index in [4.69, 9.17) is 14.9 Å². The van der Waals surface area contributed by atoms with Gasteiger partial charge in [0.05, 0.1) is 12.6 Å². The fourth-order valence-corrected chi connectivity index (χ4v) is 5.08. The van der Waals surface area contributed by atoms with Crippen molar-refractivity contribution < 1.29 is 18.7 Å². The highest BCUT2D eigenvalue weighted by Crippen LogP contribution is 2.37. The second-order valence-corrected chi connectivity index (χ2v) is 10.1. The average Bonchev–Trinajstić information content (AvgIpc) is 3.34. The predicted molar refractivity (Wildman–Crippen MR) is 161 cm³/mol. The molecule has 0 aliphatic carbocycles. The van der Waals surface area contributed by atoms with Gasteiger partial charge in [-0.1, -0.05) is 6.07 Å². The van der Waals surface area contributed by atoms with Gasteiger partial charge in [0.15, 0.2) is 0 Å². The molecule has 1 aromatic heterocycles. The third-order valence-electron chi connectivity index (χ3n) is 7.34. The zero-order valence-corrected chi connectivity index (χ0v) is 24.0. The lowest BCUT2D eigenvalue weighted by atomic mass is 10.0. The van der Waals surface area contributed by atoms with E-state index in [1.54, 1.807) is 18.2 Å². The van der Waals surface area contributed by atoms with Crippen LogP contribution >= 0.6 is 0 Å². The lowest BCUT2D eigenvalue weighted by molar-refractivity contribution is -0.104. The zero-order chi connectivity index (χ0) is 29.2. The van der Waals surface area contributed by atoms with Gasteiger partial charge < -0.3 is 29.5 Å². The van der Waals surface area contributed by atoms with Crippen molar-refractivity contribution in [3.05, 3.63) is 72.2 Å². The minimum absolute atomic E-state index is 0.217. The Morgan fingerprint density at radius 2 is 1.98 bits per heavy atom. The van der Waals surface area contributed by atoms with E-state index in [9.17, 15) is 9.18 Å². The molecule has 2 aromatic carbocycles. The van der Waals surface area contributed by atoms with Gasteiger partial charge in [0, 0.05) is 75.1 Å². The van der Waals surface area contributed by atoms with Crippen molar-refractivity contribution >= 4 is 28.7 Å². The van der Waals surface area contributed by atoms with E-state index in [2.05, 4.69) is 27.1 Å². The summed E-state index contributed by atoms with van der Waals surface area (Å²) < 4.78 is 24.6. The summed E-state index contributed by atoms with van der Waals surface area (Å²) >= 11 is 0. The molecule has 0 radical (unpaired) electrons. The lowest BCUT2D eigenvalue weighted by Crippen LogP contribution is -2.46. The normalized spacial score (nSPS) is 17.3. The van der Waals surface area contributed by atoms with Crippen LogP contribution in [-0.4, -0.2) is 101 Å². The first-order valence-electron chi connectivity index (χ1n) is 13.8. The van der Waals surface area contributed by atoms with Crippen molar-refractivity contribution in [2.75, 3.05) is 78.5 Å². The number of rotatable bonds is 9. The van der Waals surface area contributed by atoms with Gasteiger partial charge in [0.1, 0.15) is 36.0 Å². The number of halogens is 1. The summed E-state index contributed by atoms with van der Waals surface area (Å²) in [6, 6.07) is 12.5. The zero-order valence-electron chi connectivity index (χ0n) is 24.0. The minimum atomic E-state index is -0.300. The number of carbonyl (C=O) groups excluding carboxylic acids is 1. The van der Waals surface area contributed by atoms with Crippen molar-refractivity contribution in [3.63, 3.8) is 0 Å². The van der Waals surface area contributed by atoms with Gasteiger partial charge in [-0.3, -0.25) is 15.2 Å². The maximum atomic E-state index is 13.7. The van der Waals surface area contributed by atoms with E-state index in [0.717, 1.165) is 72.9 Å². The summed E-state index contributed by atoms with van der Waals surface area (Å²) in [5.74, 6) is 1.82. The Labute approximate surface area is 241 Å². The van der Waals surface area contributed by atoms with Crippen molar-refractivity contribution in [3.8, 4) is 11.5 Å². The van der Waals surface area contributed by atoms with Crippen LogP contribution in [0.1, 0.15) is 11.5 Å². The summed E-state index contributed by atoms with van der Waals surface area (Å²) in [7, 11) is 5.68. The molecule has 0 bridgehead atoms. The van der Waals surface area contributed by atoms with Gasteiger partial charge in [-0.2, -0.15) is 0 Å². The number of aromatic nitrogens is 1. The molecule has 3 heterocycles. The first-order valence-corrected chi connectivity index (χ1v) is 13.8. The number of nitrogens with one attached hydrogen (secondary N) is 2. The topological polar surface area (TPSA) is 94.0 Å². The number of likely N-dealkylation sites (N-methyl/N-ethyl adjacent to an activating group) is 2. The molecule has 41 heavy (non-hydrogen) atoms. The van der Waals surface area contributed by atoms with Crippen molar-refractivity contribution in [2.45, 2.75) is 5.92 Å². The van der Waals surface area contributed by atoms with E-state index < -0.39 is 0 Å². The van der Waals surface area contributed by atoms with E-state index in [0.29, 0.717) is 19.4 Å². The number of hydrogen-bond acceptors (Lipinski definition) is 8. The molecule has 2 aliphatic heterocycles. The van der Waals surface area contributed by atoms with Gasteiger partial charge in [0.2, 0.25) is 0 Å². The highest BCUT2D eigenvalue weighted by atomic mass is 19.1. The number of fused-ring (bicyclic) bond motifs is 2. The van der Waals surface area contributed by atoms with Crippen molar-refractivity contribution in [1.29, 1.82) is 5.41 Å². The molecule has 1 atom stereocenters. The highest BCUT2D eigenvalue weighted by molar-refractivity contribution is 6.06. The quantitative estimate of drug-likeness (QED) is 0.135. The molecule has 1 fully saturated rings. The van der Waals surface area contributed by atoms with E-state index in [1.165, 1.54) is 24.3 Å². The van der Waals surface area contributed by atoms with Crippen LogP contribution < -0.4 is 19.7 Å². The molecule has 0 amide bonds. The lowest BCUT2D eigenvalue weighted by Gasteiger charge is -2.34. The molecule has 0 spiro atoms. The van der Waals surface area contributed by atoms with Gasteiger partial charge in [-0.05, 0) is 62.1 Å². The molecule has 9 nitrogen and oxygen atoms in total. The fourth-order valence-electron chi connectivity index (χ4n) is 5.08. The van der Waals surface area contributed by atoms with Crippen LogP contribution in [0.4, 0.5) is 10.1 Å². The molecule has 2 aliphatic rings. The number of pyridine rings is 1. The van der Waals surface area contributed by atoms with E-state index in [-0.39, 0.29) is 17.6 Å². The smallest absolute Gasteiger partial charge is 0.142 e. The van der Waals surface area contributed by atoms with Crippen molar-refractivity contribution in [2.24, 2.45) is 0 Å².